The van der Waals surface area contributed by atoms with E-state index >= 15 is 0 Å². The van der Waals surface area contributed by atoms with Crippen molar-refractivity contribution in [3.8, 4) is 0 Å². The highest BCUT2D eigenvalue weighted by Gasteiger charge is 2.49. The molecule has 0 amide bonds. The van der Waals surface area contributed by atoms with Crippen LogP contribution < -0.4 is 0 Å². The molecular formula is C15H28O3. The van der Waals surface area contributed by atoms with Crippen LogP contribution in [0.25, 0.3) is 0 Å². The molecular weight excluding hydrogens is 228 g/mol. The molecule has 18 heavy (non-hydrogen) atoms. The molecule has 2 unspecified atom stereocenters. The first kappa shape index (κ1) is 14.3. The molecule has 3 nitrogen and oxygen atoms in total. The lowest BCUT2D eigenvalue weighted by atomic mass is 9.77. The Balaban J connectivity index is 2.13. The van der Waals surface area contributed by atoms with Crippen LogP contribution in [-0.2, 0) is 9.47 Å². The van der Waals surface area contributed by atoms with Crippen LogP contribution in [-0.4, -0.2) is 29.7 Å². The second-order valence-corrected chi connectivity index (χ2v) is 6.74. The van der Waals surface area contributed by atoms with E-state index in [2.05, 4.69) is 27.7 Å². The zero-order valence-corrected chi connectivity index (χ0v) is 12.2. The molecule has 2 aliphatic heterocycles. The van der Waals surface area contributed by atoms with Crippen molar-refractivity contribution in [3.63, 3.8) is 0 Å². The quantitative estimate of drug-likeness (QED) is 0.843. The van der Waals surface area contributed by atoms with Crippen molar-refractivity contribution < 1.29 is 14.6 Å². The molecule has 0 aliphatic carbocycles. The van der Waals surface area contributed by atoms with Gasteiger partial charge in [0.05, 0.1) is 18.8 Å². The molecule has 1 N–H and O–H groups in total. The Morgan fingerprint density at radius 3 is 2.50 bits per heavy atom. The number of ether oxygens (including phenoxy) is 2. The lowest BCUT2D eigenvalue weighted by molar-refractivity contribution is -0.298. The average Bonchev–Trinajstić information content (AvgIpc) is 2.63. The van der Waals surface area contributed by atoms with Crippen LogP contribution in [0.1, 0.15) is 53.4 Å². The van der Waals surface area contributed by atoms with Gasteiger partial charge < -0.3 is 14.6 Å². The summed E-state index contributed by atoms with van der Waals surface area (Å²) in [5.74, 6) is 0.786. The Bertz CT molecular complexity index is 269. The number of rotatable bonds is 3. The third kappa shape index (κ3) is 2.89. The predicted molar refractivity (Wildman–Crippen MR) is 71.2 cm³/mol. The highest BCUT2D eigenvalue weighted by molar-refractivity contribution is 4.93. The average molecular weight is 256 g/mol. The van der Waals surface area contributed by atoms with Gasteiger partial charge in [0.25, 0.3) is 0 Å². The zero-order valence-electron chi connectivity index (χ0n) is 12.2. The molecule has 0 radical (unpaired) electrons. The third-order valence-electron chi connectivity index (χ3n) is 4.30. The van der Waals surface area contributed by atoms with Crippen LogP contribution in [0.3, 0.4) is 0 Å². The molecule has 1 spiro atoms. The van der Waals surface area contributed by atoms with Gasteiger partial charge in [0.1, 0.15) is 0 Å². The molecule has 2 rings (SSSR count). The highest BCUT2D eigenvalue weighted by Crippen LogP contribution is 2.43. The van der Waals surface area contributed by atoms with Gasteiger partial charge in [-0.25, -0.2) is 0 Å². The van der Waals surface area contributed by atoms with Gasteiger partial charge in [0, 0.05) is 18.8 Å². The van der Waals surface area contributed by atoms with Crippen molar-refractivity contribution >= 4 is 0 Å². The molecule has 2 fully saturated rings. The number of aliphatic hydroxyl groups excluding tert-OH is 1. The lowest BCUT2D eigenvalue weighted by Crippen LogP contribution is -2.53. The minimum atomic E-state index is -0.482. The van der Waals surface area contributed by atoms with E-state index in [4.69, 9.17) is 9.47 Å². The Morgan fingerprint density at radius 2 is 2.00 bits per heavy atom. The summed E-state index contributed by atoms with van der Waals surface area (Å²) >= 11 is 0. The van der Waals surface area contributed by atoms with Gasteiger partial charge in [0.2, 0.25) is 0 Å². The Morgan fingerprint density at radius 1 is 1.28 bits per heavy atom. The first-order valence-corrected chi connectivity index (χ1v) is 7.43. The topological polar surface area (TPSA) is 38.7 Å². The van der Waals surface area contributed by atoms with Crippen molar-refractivity contribution in [1.82, 2.24) is 0 Å². The lowest BCUT2D eigenvalue weighted by Gasteiger charge is -2.47. The number of aliphatic hydroxyl groups is 1. The van der Waals surface area contributed by atoms with Crippen LogP contribution in [0.2, 0.25) is 0 Å². The van der Waals surface area contributed by atoms with E-state index in [0.29, 0.717) is 18.3 Å². The molecule has 0 aromatic carbocycles. The van der Waals surface area contributed by atoms with E-state index in [0.717, 1.165) is 25.9 Å². The molecule has 2 aliphatic rings. The summed E-state index contributed by atoms with van der Waals surface area (Å²) in [6.45, 7) is 9.55. The summed E-state index contributed by atoms with van der Waals surface area (Å²) in [5.41, 5.74) is 0. The monoisotopic (exact) mass is 256 g/mol. The van der Waals surface area contributed by atoms with E-state index in [1.807, 2.05) is 0 Å². The predicted octanol–water partition coefficient (Wildman–Crippen LogP) is 2.96. The van der Waals surface area contributed by atoms with Gasteiger partial charge in [-0.3, -0.25) is 0 Å². The molecule has 0 saturated carbocycles. The smallest absolute Gasteiger partial charge is 0.171 e. The van der Waals surface area contributed by atoms with E-state index in [-0.39, 0.29) is 18.1 Å². The minimum absolute atomic E-state index is 0.131. The summed E-state index contributed by atoms with van der Waals surface area (Å²) in [7, 11) is 0. The third-order valence-corrected chi connectivity index (χ3v) is 4.30. The van der Waals surface area contributed by atoms with Crippen LogP contribution >= 0.6 is 0 Å². The SMILES string of the molecule is CC(C)CC1O[C@]2(CCCO2)C[C@@H](O)C1C(C)C. The number of hydrogen-bond acceptors (Lipinski definition) is 3. The normalized spacial score (nSPS) is 41.2. The molecule has 3 heteroatoms. The van der Waals surface area contributed by atoms with E-state index < -0.39 is 5.79 Å². The number of hydrogen-bond donors (Lipinski definition) is 1. The second kappa shape index (κ2) is 5.48. The second-order valence-electron chi connectivity index (χ2n) is 6.74. The van der Waals surface area contributed by atoms with Crippen molar-refractivity contribution in [2.45, 2.75) is 71.4 Å². The highest BCUT2D eigenvalue weighted by atomic mass is 16.7. The molecule has 0 aromatic rings. The fourth-order valence-corrected chi connectivity index (χ4v) is 3.57. The van der Waals surface area contributed by atoms with Crippen LogP contribution in [0.4, 0.5) is 0 Å². The van der Waals surface area contributed by atoms with E-state index in [1.54, 1.807) is 0 Å². The zero-order chi connectivity index (χ0) is 13.3. The van der Waals surface area contributed by atoms with Gasteiger partial charge in [-0.2, -0.15) is 0 Å². The summed E-state index contributed by atoms with van der Waals surface area (Å²) in [6.07, 6.45) is 3.47. The van der Waals surface area contributed by atoms with Crippen molar-refractivity contribution in [2.75, 3.05) is 6.61 Å². The summed E-state index contributed by atoms with van der Waals surface area (Å²) in [5, 5.41) is 10.5. The molecule has 2 heterocycles. The van der Waals surface area contributed by atoms with Crippen LogP contribution in [0.15, 0.2) is 0 Å². The Kier molecular flexibility index (Phi) is 4.35. The van der Waals surface area contributed by atoms with Gasteiger partial charge in [-0.05, 0) is 24.7 Å². The maximum absolute atomic E-state index is 10.5. The molecule has 0 aromatic heterocycles. The summed E-state index contributed by atoms with van der Waals surface area (Å²) in [6, 6.07) is 0. The van der Waals surface area contributed by atoms with E-state index in [1.165, 1.54) is 0 Å². The Hall–Kier alpha value is -0.120. The van der Waals surface area contributed by atoms with Crippen molar-refractivity contribution in [3.05, 3.63) is 0 Å². The van der Waals surface area contributed by atoms with Crippen molar-refractivity contribution in [1.29, 1.82) is 0 Å². The van der Waals surface area contributed by atoms with Gasteiger partial charge in [0.15, 0.2) is 5.79 Å². The van der Waals surface area contributed by atoms with E-state index in [9.17, 15) is 5.11 Å². The van der Waals surface area contributed by atoms with Crippen molar-refractivity contribution in [2.24, 2.45) is 17.8 Å². The Labute approximate surface area is 111 Å². The van der Waals surface area contributed by atoms with Crippen LogP contribution in [0.5, 0.6) is 0 Å². The summed E-state index contributed by atoms with van der Waals surface area (Å²) < 4.78 is 12.1. The van der Waals surface area contributed by atoms with Gasteiger partial charge in [-0.1, -0.05) is 27.7 Å². The maximum Gasteiger partial charge on any atom is 0.171 e. The largest absolute Gasteiger partial charge is 0.393 e. The first-order valence-electron chi connectivity index (χ1n) is 7.43. The molecule has 0 bridgehead atoms. The van der Waals surface area contributed by atoms with Gasteiger partial charge >= 0.3 is 0 Å². The molecule has 106 valence electrons. The van der Waals surface area contributed by atoms with Crippen LogP contribution in [0, 0.1) is 17.8 Å². The first-order chi connectivity index (χ1) is 8.43. The standard InChI is InChI=1S/C15H28O3/c1-10(2)8-13-14(11(3)4)12(16)9-15(18-13)6-5-7-17-15/h10-14,16H,5-9H2,1-4H3/t12-,13?,14?,15-/m1/s1. The van der Waals surface area contributed by atoms with Gasteiger partial charge in [-0.15, -0.1) is 0 Å². The molecule has 2 saturated heterocycles. The minimum Gasteiger partial charge on any atom is -0.393 e. The fourth-order valence-electron chi connectivity index (χ4n) is 3.57. The summed E-state index contributed by atoms with van der Waals surface area (Å²) in [4.78, 5) is 0. The molecule has 4 atom stereocenters. The maximum atomic E-state index is 10.5. The fraction of sp³-hybridized carbons (Fsp3) is 1.00.